The molecule has 0 bridgehead atoms. The van der Waals surface area contributed by atoms with Crippen LogP contribution in [0.25, 0.3) is 0 Å². The third kappa shape index (κ3) is 5.13. The van der Waals surface area contributed by atoms with E-state index < -0.39 is 0 Å². The van der Waals surface area contributed by atoms with Crippen LogP contribution >= 0.6 is 0 Å². The van der Waals surface area contributed by atoms with Gasteiger partial charge in [0.2, 0.25) is 0 Å². The molecule has 1 aliphatic heterocycles. The minimum atomic E-state index is -0.152. The Morgan fingerprint density at radius 1 is 1.32 bits per heavy atom. The van der Waals surface area contributed by atoms with E-state index >= 15 is 0 Å². The average Bonchev–Trinajstić information content (AvgIpc) is 2.54. The molecule has 2 fully saturated rings. The number of rotatable bonds is 5. The van der Waals surface area contributed by atoms with Crippen molar-refractivity contribution in [3.63, 3.8) is 0 Å². The van der Waals surface area contributed by atoms with Crippen molar-refractivity contribution in [3.05, 3.63) is 0 Å². The Bertz CT molecular complexity index is 354. The highest BCUT2D eigenvalue weighted by Crippen LogP contribution is 2.25. The van der Waals surface area contributed by atoms with Gasteiger partial charge in [-0.2, -0.15) is 0 Å². The molecule has 2 N–H and O–H groups in total. The molecule has 5 nitrogen and oxygen atoms in total. The molecule has 2 aliphatic rings. The minimum absolute atomic E-state index is 0.152. The van der Waals surface area contributed by atoms with Crippen molar-refractivity contribution in [1.29, 1.82) is 0 Å². The second kappa shape index (κ2) is 8.73. The largest absolute Gasteiger partial charge is 0.381 e. The van der Waals surface area contributed by atoms with Gasteiger partial charge in [0.25, 0.3) is 0 Å². The molecule has 0 radical (unpaired) electrons. The van der Waals surface area contributed by atoms with E-state index in [9.17, 15) is 0 Å². The standard InChI is InChI=1S/C17H33N3O2/c1-4-18-16(20-15-7-5-6-14(2)12-15)19-13-17(21-3)8-10-22-11-9-17/h14-15H,4-13H2,1-3H3,(H2,18,19,20). The molecule has 1 heterocycles. The van der Waals surface area contributed by atoms with Gasteiger partial charge in [-0.15, -0.1) is 0 Å². The monoisotopic (exact) mass is 311 g/mol. The number of nitrogens with zero attached hydrogens (tertiary/aromatic N) is 1. The average molecular weight is 311 g/mol. The second-order valence-electron chi connectivity index (χ2n) is 6.81. The molecule has 1 saturated heterocycles. The number of ether oxygens (including phenoxy) is 2. The molecule has 128 valence electrons. The first kappa shape index (κ1) is 17.5. The summed E-state index contributed by atoms with van der Waals surface area (Å²) < 4.78 is 11.2. The van der Waals surface area contributed by atoms with E-state index in [1.165, 1.54) is 25.7 Å². The molecule has 0 spiro atoms. The zero-order valence-electron chi connectivity index (χ0n) is 14.5. The summed E-state index contributed by atoms with van der Waals surface area (Å²) in [6.07, 6.45) is 7.02. The van der Waals surface area contributed by atoms with Crippen molar-refractivity contribution in [2.45, 2.75) is 64.0 Å². The van der Waals surface area contributed by atoms with Crippen molar-refractivity contribution in [2.75, 3.05) is 33.4 Å². The van der Waals surface area contributed by atoms with Gasteiger partial charge in [-0.25, -0.2) is 0 Å². The van der Waals surface area contributed by atoms with Gasteiger partial charge in [0.05, 0.1) is 12.1 Å². The highest BCUT2D eigenvalue weighted by Gasteiger charge is 2.32. The molecule has 2 atom stereocenters. The summed E-state index contributed by atoms with van der Waals surface area (Å²) in [5, 5.41) is 7.00. The van der Waals surface area contributed by atoms with E-state index in [1.54, 1.807) is 7.11 Å². The second-order valence-corrected chi connectivity index (χ2v) is 6.81. The highest BCUT2D eigenvalue weighted by molar-refractivity contribution is 5.80. The van der Waals surface area contributed by atoms with Crippen molar-refractivity contribution < 1.29 is 9.47 Å². The van der Waals surface area contributed by atoms with E-state index in [1.807, 2.05) is 0 Å². The molecular weight excluding hydrogens is 278 g/mol. The molecule has 2 unspecified atom stereocenters. The number of hydrogen-bond acceptors (Lipinski definition) is 3. The summed E-state index contributed by atoms with van der Waals surface area (Å²) in [5.74, 6) is 1.75. The first-order valence-electron chi connectivity index (χ1n) is 8.85. The van der Waals surface area contributed by atoms with Gasteiger partial charge in [-0.3, -0.25) is 4.99 Å². The van der Waals surface area contributed by atoms with Crippen molar-refractivity contribution in [2.24, 2.45) is 10.9 Å². The van der Waals surface area contributed by atoms with Crippen LogP contribution in [0.5, 0.6) is 0 Å². The van der Waals surface area contributed by atoms with Crippen LogP contribution in [0.4, 0.5) is 0 Å². The van der Waals surface area contributed by atoms with Crippen LogP contribution in [-0.2, 0) is 9.47 Å². The summed E-state index contributed by atoms with van der Waals surface area (Å²) in [4.78, 5) is 4.81. The zero-order chi connectivity index (χ0) is 15.8. The van der Waals surface area contributed by atoms with Crippen LogP contribution in [0.15, 0.2) is 4.99 Å². The summed E-state index contributed by atoms with van der Waals surface area (Å²) in [7, 11) is 1.80. The molecule has 0 aromatic rings. The molecule has 1 aliphatic carbocycles. The minimum Gasteiger partial charge on any atom is -0.381 e. The van der Waals surface area contributed by atoms with Gasteiger partial charge in [0.15, 0.2) is 5.96 Å². The number of aliphatic imine (C=N–C) groups is 1. The van der Waals surface area contributed by atoms with E-state index in [-0.39, 0.29) is 5.60 Å². The van der Waals surface area contributed by atoms with E-state index in [0.29, 0.717) is 12.6 Å². The third-order valence-electron chi connectivity index (χ3n) is 4.98. The lowest BCUT2D eigenvalue weighted by Gasteiger charge is -2.35. The van der Waals surface area contributed by atoms with Gasteiger partial charge in [-0.05, 0) is 25.7 Å². The van der Waals surface area contributed by atoms with Crippen LogP contribution in [-0.4, -0.2) is 51.0 Å². The van der Waals surface area contributed by atoms with Gasteiger partial charge in [0, 0.05) is 45.8 Å². The van der Waals surface area contributed by atoms with Crippen LogP contribution in [0.3, 0.4) is 0 Å². The highest BCUT2D eigenvalue weighted by atomic mass is 16.5. The Labute approximate surface area is 135 Å². The fourth-order valence-electron chi connectivity index (χ4n) is 3.47. The fraction of sp³-hybridized carbons (Fsp3) is 0.941. The van der Waals surface area contributed by atoms with Crippen LogP contribution < -0.4 is 10.6 Å². The molecule has 22 heavy (non-hydrogen) atoms. The number of hydrogen-bond donors (Lipinski definition) is 2. The number of guanidine groups is 1. The van der Waals surface area contributed by atoms with Gasteiger partial charge in [-0.1, -0.05) is 19.8 Å². The number of nitrogens with one attached hydrogen (secondary N) is 2. The molecule has 0 aromatic heterocycles. The SMILES string of the molecule is CCNC(=NCC1(OC)CCOCC1)NC1CCCC(C)C1. The first-order chi connectivity index (χ1) is 10.7. The van der Waals surface area contributed by atoms with Crippen LogP contribution in [0.1, 0.15) is 52.4 Å². The lowest BCUT2D eigenvalue weighted by atomic mass is 9.87. The van der Waals surface area contributed by atoms with Gasteiger partial charge in [0.1, 0.15) is 0 Å². The van der Waals surface area contributed by atoms with E-state index in [4.69, 9.17) is 14.5 Å². The van der Waals surface area contributed by atoms with E-state index in [0.717, 1.165) is 44.5 Å². The lowest BCUT2D eigenvalue weighted by molar-refractivity contribution is -0.0828. The van der Waals surface area contributed by atoms with Crippen LogP contribution in [0, 0.1) is 5.92 Å². The van der Waals surface area contributed by atoms with Crippen molar-refractivity contribution in [3.8, 4) is 0 Å². The summed E-state index contributed by atoms with van der Waals surface area (Å²) in [6, 6.07) is 0.551. The summed E-state index contributed by atoms with van der Waals surface area (Å²) in [6.45, 7) is 7.59. The molecular formula is C17H33N3O2. The Balaban J connectivity index is 1.93. The Hall–Kier alpha value is -0.810. The Kier molecular flexibility index (Phi) is 6.96. The molecule has 1 saturated carbocycles. The summed E-state index contributed by atoms with van der Waals surface area (Å²) in [5.41, 5.74) is -0.152. The van der Waals surface area contributed by atoms with Crippen LogP contribution in [0.2, 0.25) is 0 Å². The first-order valence-corrected chi connectivity index (χ1v) is 8.85. The maximum absolute atomic E-state index is 5.77. The summed E-state index contributed by atoms with van der Waals surface area (Å²) >= 11 is 0. The molecule has 5 heteroatoms. The van der Waals surface area contributed by atoms with Gasteiger partial charge >= 0.3 is 0 Å². The van der Waals surface area contributed by atoms with Crippen molar-refractivity contribution >= 4 is 5.96 Å². The van der Waals surface area contributed by atoms with Gasteiger partial charge < -0.3 is 20.1 Å². The lowest BCUT2D eigenvalue weighted by Crippen LogP contribution is -2.47. The Morgan fingerprint density at radius 2 is 2.09 bits per heavy atom. The molecule has 0 amide bonds. The molecule has 0 aromatic carbocycles. The van der Waals surface area contributed by atoms with Crippen molar-refractivity contribution in [1.82, 2.24) is 10.6 Å². The molecule has 2 rings (SSSR count). The third-order valence-corrected chi connectivity index (χ3v) is 4.98. The number of methoxy groups -OCH3 is 1. The normalized spacial score (nSPS) is 29.1. The quantitative estimate of drug-likeness (QED) is 0.604. The zero-order valence-corrected chi connectivity index (χ0v) is 14.5. The predicted octanol–water partition coefficient (Wildman–Crippen LogP) is 2.32. The Morgan fingerprint density at radius 3 is 2.73 bits per heavy atom. The smallest absolute Gasteiger partial charge is 0.191 e. The maximum atomic E-state index is 5.77. The predicted molar refractivity (Wildman–Crippen MR) is 90.3 cm³/mol. The fourth-order valence-corrected chi connectivity index (χ4v) is 3.47. The topological polar surface area (TPSA) is 54.9 Å². The van der Waals surface area contributed by atoms with E-state index in [2.05, 4.69) is 24.5 Å². The maximum Gasteiger partial charge on any atom is 0.191 e.